The molecule has 26 nitrogen and oxygen atoms in total. The second-order valence-electron chi connectivity index (χ2n) is 17.6. The maximum absolute atomic E-state index is 14.9. The lowest BCUT2D eigenvalue weighted by atomic mass is 10.1. The summed E-state index contributed by atoms with van der Waals surface area (Å²) >= 11 is 0. The molecule has 0 aliphatic carbocycles. The van der Waals surface area contributed by atoms with Crippen LogP contribution in [-0.4, -0.2) is 138 Å². The first-order valence-electron chi connectivity index (χ1n) is 22.1. The highest BCUT2D eigenvalue weighted by Gasteiger charge is 2.47. The molecule has 8 N–H and O–H groups in total. The van der Waals surface area contributed by atoms with Gasteiger partial charge in [0.25, 0.3) is 11.8 Å². The lowest BCUT2D eigenvalue weighted by Crippen LogP contribution is -2.65. The minimum absolute atomic E-state index is 0.288. The van der Waals surface area contributed by atoms with E-state index in [1.165, 1.54) is 41.5 Å². The molecule has 2 rings (SSSR count). The summed E-state index contributed by atoms with van der Waals surface area (Å²) in [5.74, 6) is -12.4. The average Bonchev–Trinajstić information content (AvgIpc) is 3.28. The third-order valence-corrected chi connectivity index (χ3v) is 9.21. The van der Waals surface area contributed by atoms with E-state index in [4.69, 9.17) is 18.9 Å². The normalized spacial score (nSPS) is 12.7. The minimum atomic E-state index is -2.27. The molecule has 26 heteroatoms. The topological polar surface area (TPSA) is 377 Å². The molecule has 0 radical (unpaired) electrons. The van der Waals surface area contributed by atoms with Gasteiger partial charge in [0.2, 0.25) is 11.8 Å². The molecule has 0 aliphatic rings. The summed E-state index contributed by atoms with van der Waals surface area (Å²) in [6, 6.07) is 8.16. The second kappa shape index (κ2) is 28.4. The fourth-order valence-electron chi connectivity index (χ4n) is 5.93. The molecular weight excluding hydrogens is 957 g/mol. The number of nitrogens with one attached hydrogen (secondary N) is 4. The fraction of sp³-hybridized carbons (Fsp3) is 0.478. The highest BCUT2D eigenvalue weighted by molar-refractivity contribution is 6.05. The Labute approximate surface area is 412 Å². The van der Waals surface area contributed by atoms with E-state index in [9.17, 15) is 78.0 Å². The number of carbonyl (C=O) groups is 12. The first kappa shape index (κ1) is 59.8. The standard InChI is InChI=1S/C46H60N6O20/c1-45(2,3)71-43(67)51(39(63)31(19-23-35(57)58)47-37(61)29(17-21-33(53)54)49-41(65)69-25-27-13-9-7-10-14-27)52(44(68)72-46(4,5)6)40(64)32(20-24-36(59)60)48-38(62)30(18-22-34(55)56)50-42(66)70-26-28-15-11-8-12-16-28/h7-16,29-32H,17-26H2,1-6H3,(H,47,61)(H,48,62)(H,49,65)(H,50,66)(H,53,54)(H,55,56)(H,57,58)(H,59,60)/t29-,30-,31-,32-/m0/s1. The van der Waals surface area contributed by atoms with Crippen molar-refractivity contribution in [1.82, 2.24) is 31.3 Å². The number of carbonyl (C=O) groups excluding carboxylic acids is 8. The summed E-state index contributed by atoms with van der Waals surface area (Å²) < 4.78 is 21.1. The van der Waals surface area contributed by atoms with Gasteiger partial charge in [-0.1, -0.05) is 60.7 Å². The molecule has 2 aromatic carbocycles. The number of imide groups is 2. The van der Waals surface area contributed by atoms with Crippen molar-refractivity contribution in [3.63, 3.8) is 0 Å². The number of carboxylic acids is 4. The molecule has 2 aromatic rings. The van der Waals surface area contributed by atoms with Gasteiger partial charge in [0, 0.05) is 25.7 Å². The van der Waals surface area contributed by atoms with Crippen LogP contribution in [0.3, 0.4) is 0 Å². The Morgan fingerprint density at radius 1 is 0.444 bits per heavy atom. The summed E-state index contributed by atoms with van der Waals surface area (Å²) in [5.41, 5.74) is -2.11. The van der Waals surface area contributed by atoms with E-state index >= 15 is 0 Å². The highest BCUT2D eigenvalue weighted by atomic mass is 16.6. The zero-order chi connectivity index (χ0) is 54.3. The summed E-state index contributed by atoms with van der Waals surface area (Å²) in [6.45, 7) is 7.11. The molecule has 0 aliphatic heterocycles. The molecule has 0 saturated heterocycles. The Hall–Kier alpha value is -8.32. The third kappa shape index (κ3) is 22.9. The van der Waals surface area contributed by atoms with Crippen LogP contribution >= 0.6 is 0 Å². The van der Waals surface area contributed by atoms with Crippen LogP contribution in [0, 0.1) is 0 Å². The highest BCUT2D eigenvalue weighted by Crippen LogP contribution is 2.21. The molecule has 394 valence electrons. The number of nitrogens with zero attached hydrogens (tertiary/aromatic N) is 2. The number of alkyl carbamates (subject to hydrolysis) is 2. The van der Waals surface area contributed by atoms with Gasteiger partial charge in [-0.3, -0.25) is 38.4 Å². The number of rotatable bonds is 24. The number of benzene rings is 2. The fourth-order valence-corrected chi connectivity index (χ4v) is 5.93. The second-order valence-corrected chi connectivity index (χ2v) is 17.6. The number of ether oxygens (including phenoxy) is 4. The number of carboxylic acid groups (broad SMARTS) is 4. The van der Waals surface area contributed by atoms with Gasteiger partial charge in [-0.2, -0.15) is 0 Å². The Morgan fingerprint density at radius 2 is 0.722 bits per heavy atom. The molecule has 0 spiro atoms. The third-order valence-electron chi connectivity index (χ3n) is 9.21. The predicted molar refractivity (Wildman–Crippen MR) is 245 cm³/mol. The monoisotopic (exact) mass is 1020 g/mol. The Bertz CT molecular complexity index is 2110. The van der Waals surface area contributed by atoms with Gasteiger partial charge in [0.05, 0.1) is 0 Å². The van der Waals surface area contributed by atoms with Gasteiger partial charge in [-0.05, 0) is 78.4 Å². The number of hydrazine groups is 1. The van der Waals surface area contributed by atoms with Gasteiger partial charge in [0.1, 0.15) is 48.6 Å². The van der Waals surface area contributed by atoms with Crippen LogP contribution in [0.2, 0.25) is 0 Å². The molecule has 4 atom stereocenters. The van der Waals surface area contributed by atoms with Crippen molar-refractivity contribution in [3.05, 3.63) is 71.8 Å². The van der Waals surface area contributed by atoms with Crippen molar-refractivity contribution in [2.24, 2.45) is 0 Å². The van der Waals surface area contributed by atoms with Crippen molar-refractivity contribution >= 4 is 71.9 Å². The summed E-state index contributed by atoms with van der Waals surface area (Å²) in [5, 5.41) is 46.2. The molecule has 8 amide bonds. The van der Waals surface area contributed by atoms with Crippen molar-refractivity contribution in [2.75, 3.05) is 0 Å². The predicted octanol–water partition coefficient (Wildman–Crippen LogP) is 3.45. The molecule has 0 heterocycles. The van der Waals surface area contributed by atoms with E-state index in [2.05, 4.69) is 21.3 Å². The van der Waals surface area contributed by atoms with Gasteiger partial charge in [-0.15, -0.1) is 10.0 Å². The minimum Gasteiger partial charge on any atom is -0.481 e. The van der Waals surface area contributed by atoms with Crippen LogP contribution in [0.4, 0.5) is 19.2 Å². The van der Waals surface area contributed by atoms with Crippen molar-refractivity contribution < 1.29 is 96.9 Å². The van der Waals surface area contributed by atoms with Crippen LogP contribution in [0.5, 0.6) is 0 Å². The lowest BCUT2D eigenvalue weighted by molar-refractivity contribution is -0.163. The molecule has 0 aromatic heterocycles. The SMILES string of the molecule is CC(C)(C)OC(=O)N(C(=O)[C@H](CCC(=O)O)NC(=O)[C@H](CCC(=O)O)NC(=O)OCc1ccccc1)N(C(=O)OC(C)(C)C)C(=O)[C@H](CCC(=O)O)NC(=O)[C@H](CCC(=O)O)NC(=O)OCc1ccccc1. The first-order valence-corrected chi connectivity index (χ1v) is 22.1. The maximum atomic E-state index is 14.9. The van der Waals surface area contributed by atoms with Crippen LogP contribution in [0.1, 0.15) is 104 Å². The number of aliphatic carboxylic acids is 4. The quantitative estimate of drug-likeness (QED) is 0.0551. The van der Waals surface area contributed by atoms with E-state index in [0.29, 0.717) is 11.1 Å². The van der Waals surface area contributed by atoms with Crippen LogP contribution in [-0.2, 0) is 70.5 Å². The Kier molecular flexibility index (Phi) is 23.6. The van der Waals surface area contributed by atoms with E-state index in [-0.39, 0.29) is 23.2 Å². The van der Waals surface area contributed by atoms with Crippen molar-refractivity contribution in [2.45, 2.75) is 141 Å². The van der Waals surface area contributed by atoms with Gasteiger partial charge in [0.15, 0.2) is 0 Å². The lowest BCUT2D eigenvalue weighted by Gasteiger charge is -2.37. The first-order chi connectivity index (χ1) is 33.6. The van der Waals surface area contributed by atoms with Crippen LogP contribution < -0.4 is 21.3 Å². The summed E-state index contributed by atoms with van der Waals surface area (Å²) in [4.78, 5) is 159. The Morgan fingerprint density at radius 3 is 0.986 bits per heavy atom. The smallest absolute Gasteiger partial charge is 0.437 e. The van der Waals surface area contributed by atoms with E-state index in [1.54, 1.807) is 60.7 Å². The summed E-state index contributed by atoms with van der Waals surface area (Å²) in [6.07, 6.45) is -12.9. The van der Waals surface area contributed by atoms with Crippen molar-refractivity contribution in [3.8, 4) is 0 Å². The molecule has 0 fully saturated rings. The van der Waals surface area contributed by atoms with Gasteiger partial charge < -0.3 is 60.6 Å². The van der Waals surface area contributed by atoms with Gasteiger partial charge >= 0.3 is 48.3 Å². The van der Waals surface area contributed by atoms with Gasteiger partial charge in [-0.25, -0.2) is 19.2 Å². The average molecular weight is 1020 g/mol. The molecule has 0 saturated carbocycles. The number of hydrogen-bond acceptors (Lipinski definition) is 16. The van der Waals surface area contributed by atoms with E-state index in [0.717, 1.165) is 0 Å². The summed E-state index contributed by atoms with van der Waals surface area (Å²) in [7, 11) is 0. The molecular formula is C46H60N6O20. The van der Waals surface area contributed by atoms with E-state index in [1.807, 2.05) is 0 Å². The molecule has 72 heavy (non-hydrogen) atoms. The zero-order valence-electron chi connectivity index (χ0n) is 40.4. The van der Waals surface area contributed by atoms with Crippen LogP contribution in [0.15, 0.2) is 60.7 Å². The molecule has 0 bridgehead atoms. The zero-order valence-corrected chi connectivity index (χ0v) is 40.4. The van der Waals surface area contributed by atoms with Crippen LogP contribution in [0.25, 0.3) is 0 Å². The molecule has 0 unspecified atom stereocenters. The number of amides is 8. The number of hydrogen-bond donors (Lipinski definition) is 8. The largest absolute Gasteiger partial charge is 0.481 e. The van der Waals surface area contributed by atoms with E-state index < -0.39 is 159 Å². The van der Waals surface area contributed by atoms with Crippen molar-refractivity contribution in [1.29, 1.82) is 0 Å². The Balaban J connectivity index is 2.77. The maximum Gasteiger partial charge on any atom is 0.437 e.